The van der Waals surface area contributed by atoms with Crippen molar-refractivity contribution in [2.75, 3.05) is 0 Å². The SMILES string of the molecule is CC(C)C(C)(C(=O)O)c1ccc(F)cc1. The number of hydrogen-bond donors (Lipinski definition) is 1. The van der Waals surface area contributed by atoms with Gasteiger partial charge in [-0.1, -0.05) is 26.0 Å². The molecule has 1 unspecified atom stereocenters. The molecule has 0 saturated heterocycles. The monoisotopic (exact) mass is 210 g/mol. The Morgan fingerprint density at radius 3 is 2.13 bits per heavy atom. The summed E-state index contributed by atoms with van der Waals surface area (Å²) in [5.74, 6) is -1.29. The molecule has 1 atom stereocenters. The fraction of sp³-hybridized carbons (Fsp3) is 0.417. The van der Waals surface area contributed by atoms with E-state index in [0.717, 1.165) is 0 Å². The minimum Gasteiger partial charge on any atom is -0.481 e. The van der Waals surface area contributed by atoms with Crippen LogP contribution >= 0.6 is 0 Å². The van der Waals surface area contributed by atoms with Gasteiger partial charge in [-0.3, -0.25) is 4.79 Å². The Balaban J connectivity index is 3.22. The first-order valence-electron chi connectivity index (χ1n) is 4.88. The molecule has 0 heterocycles. The van der Waals surface area contributed by atoms with Crippen LogP contribution in [0.25, 0.3) is 0 Å². The zero-order chi connectivity index (χ0) is 11.6. The molecule has 0 amide bonds. The molecule has 1 N–H and O–H groups in total. The fourth-order valence-corrected chi connectivity index (χ4v) is 1.50. The van der Waals surface area contributed by atoms with E-state index in [2.05, 4.69) is 0 Å². The third-order valence-electron chi connectivity index (χ3n) is 3.04. The van der Waals surface area contributed by atoms with Crippen LogP contribution in [0.3, 0.4) is 0 Å². The minimum absolute atomic E-state index is 0.0551. The second kappa shape index (κ2) is 4.01. The molecule has 0 bridgehead atoms. The van der Waals surface area contributed by atoms with Gasteiger partial charge in [0.25, 0.3) is 0 Å². The van der Waals surface area contributed by atoms with Crippen LogP contribution in [0.1, 0.15) is 26.3 Å². The number of carboxylic acid groups (broad SMARTS) is 1. The molecule has 0 spiro atoms. The lowest BCUT2D eigenvalue weighted by molar-refractivity contribution is -0.145. The summed E-state index contributed by atoms with van der Waals surface area (Å²) >= 11 is 0. The predicted molar refractivity (Wildman–Crippen MR) is 56.2 cm³/mol. The van der Waals surface area contributed by atoms with Gasteiger partial charge in [0.15, 0.2) is 0 Å². The van der Waals surface area contributed by atoms with Gasteiger partial charge in [-0.15, -0.1) is 0 Å². The number of carbonyl (C=O) groups is 1. The highest BCUT2D eigenvalue weighted by molar-refractivity contribution is 5.81. The van der Waals surface area contributed by atoms with E-state index in [1.54, 1.807) is 6.92 Å². The van der Waals surface area contributed by atoms with Gasteiger partial charge in [-0.05, 0) is 30.5 Å². The summed E-state index contributed by atoms with van der Waals surface area (Å²) in [5, 5.41) is 9.23. The lowest BCUT2D eigenvalue weighted by Gasteiger charge is -2.29. The van der Waals surface area contributed by atoms with Crippen LogP contribution in [0.15, 0.2) is 24.3 Å². The van der Waals surface area contributed by atoms with Gasteiger partial charge >= 0.3 is 5.97 Å². The predicted octanol–water partition coefficient (Wildman–Crippen LogP) is 2.82. The summed E-state index contributed by atoms with van der Waals surface area (Å²) in [5.41, 5.74) is -0.334. The summed E-state index contributed by atoms with van der Waals surface area (Å²) in [6, 6.07) is 5.64. The third-order valence-corrected chi connectivity index (χ3v) is 3.04. The van der Waals surface area contributed by atoms with Crippen LogP contribution in [0.4, 0.5) is 4.39 Å². The Bertz CT molecular complexity index is 356. The normalized spacial score (nSPS) is 15.0. The van der Waals surface area contributed by atoms with Crippen molar-refractivity contribution in [1.29, 1.82) is 0 Å². The highest BCUT2D eigenvalue weighted by atomic mass is 19.1. The van der Waals surface area contributed by atoms with Crippen molar-refractivity contribution in [2.24, 2.45) is 5.92 Å². The molecule has 0 fully saturated rings. The first-order chi connectivity index (χ1) is 6.89. The number of halogens is 1. The maximum atomic E-state index is 12.7. The lowest BCUT2D eigenvalue weighted by Crippen LogP contribution is -2.37. The molecule has 0 aliphatic rings. The first kappa shape index (κ1) is 11.7. The van der Waals surface area contributed by atoms with Crippen LogP contribution in [0, 0.1) is 11.7 Å². The van der Waals surface area contributed by atoms with Crippen molar-refractivity contribution in [1.82, 2.24) is 0 Å². The Kier molecular flexibility index (Phi) is 3.12. The average Bonchev–Trinajstić information content (AvgIpc) is 2.17. The highest BCUT2D eigenvalue weighted by Crippen LogP contribution is 2.32. The molecule has 3 heteroatoms. The standard InChI is InChI=1S/C12H15FO2/c1-8(2)12(3,11(14)15)9-4-6-10(13)7-5-9/h4-8H,1-3H3,(H,14,15). The van der Waals surface area contributed by atoms with Crippen molar-refractivity contribution in [3.8, 4) is 0 Å². The largest absolute Gasteiger partial charge is 0.481 e. The van der Waals surface area contributed by atoms with Crippen molar-refractivity contribution in [3.05, 3.63) is 35.6 Å². The molecule has 0 aromatic heterocycles. The van der Waals surface area contributed by atoms with Gasteiger partial charge in [0.1, 0.15) is 5.82 Å². The van der Waals surface area contributed by atoms with Crippen LogP contribution < -0.4 is 0 Å². The Hall–Kier alpha value is -1.38. The summed E-state index contributed by atoms with van der Waals surface area (Å²) in [6.07, 6.45) is 0. The lowest BCUT2D eigenvalue weighted by atomic mass is 9.73. The van der Waals surface area contributed by atoms with E-state index in [4.69, 9.17) is 0 Å². The molecular weight excluding hydrogens is 195 g/mol. The Morgan fingerprint density at radius 2 is 1.80 bits per heavy atom. The summed E-state index contributed by atoms with van der Waals surface area (Å²) in [7, 11) is 0. The second-order valence-electron chi connectivity index (χ2n) is 4.17. The molecule has 0 saturated carbocycles. The van der Waals surface area contributed by atoms with Crippen molar-refractivity contribution >= 4 is 5.97 Å². The molecule has 1 aromatic rings. The highest BCUT2D eigenvalue weighted by Gasteiger charge is 2.38. The molecule has 1 rings (SSSR count). The van der Waals surface area contributed by atoms with E-state index in [1.807, 2.05) is 13.8 Å². The van der Waals surface area contributed by atoms with Gasteiger partial charge in [-0.2, -0.15) is 0 Å². The summed E-state index contributed by atoms with van der Waals surface area (Å²) in [6.45, 7) is 5.35. The van der Waals surface area contributed by atoms with E-state index < -0.39 is 11.4 Å². The zero-order valence-corrected chi connectivity index (χ0v) is 9.12. The van der Waals surface area contributed by atoms with Gasteiger partial charge in [0.05, 0.1) is 5.41 Å². The van der Waals surface area contributed by atoms with Crippen LogP contribution in [0.5, 0.6) is 0 Å². The zero-order valence-electron chi connectivity index (χ0n) is 9.12. The quantitative estimate of drug-likeness (QED) is 0.832. The average molecular weight is 210 g/mol. The molecule has 0 radical (unpaired) electrons. The van der Waals surface area contributed by atoms with Crippen LogP contribution in [-0.4, -0.2) is 11.1 Å². The Morgan fingerprint density at radius 1 is 1.33 bits per heavy atom. The van der Waals surface area contributed by atoms with Crippen molar-refractivity contribution < 1.29 is 14.3 Å². The molecule has 2 nitrogen and oxygen atoms in total. The molecule has 1 aromatic carbocycles. The number of rotatable bonds is 3. The minimum atomic E-state index is -0.965. The summed E-state index contributed by atoms with van der Waals surface area (Å²) in [4.78, 5) is 11.3. The number of benzene rings is 1. The second-order valence-corrected chi connectivity index (χ2v) is 4.17. The number of hydrogen-bond acceptors (Lipinski definition) is 1. The smallest absolute Gasteiger partial charge is 0.314 e. The van der Waals surface area contributed by atoms with Crippen LogP contribution in [-0.2, 0) is 10.2 Å². The van der Waals surface area contributed by atoms with Gasteiger partial charge in [0.2, 0.25) is 0 Å². The molecule has 15 heavy (non-hydrogen) atoms. The maximum Gasteiger partial charge on any atom is 0.314 e. The van der Waals surface area contributed by atoms with Crippen LogP contribution in [0.2, 0.25) is 0 Å². The third kappa shape index (κ3) is 2.01. The molecule has 0 aliphatic heterocycles. The molecule has 0 aliphatic carbocycles. The van der Waals surface area contributed by atoms with E-state index in [9.17, 15) is 14.3 Å². The van der Waals surface area contributed by atoms with E-state index in [0.29, 0.717) is 5.56 Å². The molecule has 82 valence electrons. The fourth-order valence-electron chi connectivity index (χ4n) is 1.50. The topological polar surface area (TPSA) is 37.3 Å². The van der Waals surface area contributed by atoms with E-state index in [1.165, 1.54) is 24.3 Å². The van der Waals surface area contributed by atoms with Crippen molar-refractivity contribution in [2.45, 2.75) is 26.2 Å². The number of carboxylic acids is 1. The van der Waals surface area contributed by atoms with Gasteiger partial charge in [0, 0.05) is 0 Å². The summed E-state index contributed by atoms with van der Waals surface area (Å²) < 4.78 is 12.7. The van der Waals surface area contributed by atoms with Gasteiger partial charge in [-0.25, -0.2) is 4.39 Å². The van der Waals surface area contributed by atoms with Crippen molar-refractivity contribution in [3.63, 3.8) is 0 Å². The van der Waals surface area contributed by atoms with E-state index in [-0.39, 0.29) is 11.7 Å². The number of aliphatic carboxylic acids is 1. The maximum absolute atomic E-state index is 12.7. The Labute approximate surface area is 88.7 Å². The van der Waals surface area contributed by atoms with E-state index >= 15 is 0 Å². The molecular formula is C12H15FO2. The first-order valence-corrected chi connectivity index (χ1v) is 4.88. The van der Waals surface area contributed by atoms with Gasteiger partial charge < -0.3 is 5.11 Å².